The Labute approximate surface area is 186 Å². The number of benzene rings is 2. The van der Waals surface area contributed by atoms with E-state index in [1.165, 1.54) is 12.0 Å². The summed E-state index contributed by atoms with van der Waals surface area (Å²) in [5.41, 5.74) is 3.77. The molecular weight excluding hydrogens is 404 g/mol. The maximum absolute atomic E-state index is 12.7. The van der Waals surface area contributed by atoms with Gasteiger partial charge in [-0.2, -0.15) is 4.98 Å². The Kier molecular flexibility index (Phi) is 5.47. The molecule has 1 aliphatic carbocycles. The van der Waals surface area contributed by atoms with E-state index in [1.54, 1.807) is 4.90 Å². The molecule has 1 saturated heterocycles. The number of rotatable bonds is 6. The first-order valence-electron chi connectivity index (χ1n) is 11.1. The van der Waals surface area contributed by atoms with Crippen LogP contribution in [0.15, 0.2) is 53.1 Å². The third kappa shape index (κ3) is 4.15. The van der Waals surface area contributed by atoms with Crippen LogP contribution in [0, 0.1) is 12.8 Å². The summed E-state index contributed by atoms with van der Waals surface area (Å²) in [6.07, 6.45) is 3.60. The van der Waals surface area contributed by atoms with Crippen LogP contribution in [0.4, 0.5) is 5.69 Å². The van der Waals surface area contributed by atoms with Gasteiger partial charge in [-0.15, -0.1) is 0 Å². The highest BCUT2D eigenvalue weighted by Crippen LogP contribution is 2.36. The van der Waals surface area contributed by atoms with Gasteiger partial charge in [0.05, 0.1) is 5.92 Å². The van der Waals surface area contributed by atoms with E-state index >= 15 is 0 Å². The average Bonchev–Trinajstić information content (AvgIpc) is 3.39. The first-order valence-corrected chi connectivity index (χ1v) is 11.1. The van der Waals surface area contributed by atoms with E-state index in [4.69, 9.17) is 4.52 Å². The van der Waals surface area contributed by atoms with Gasteiger partial charge >= 0.3 is 0 Å². The standard InChI is InChI=1S/C25H26N4O3/c1-16-8-10-17(11-9-16)14-26-24(31)20-13-22(30)29(15-20)21-7-3-6-19(12-21)23-27-25(32-28-23)18-4-2-5-18/h3,6-12,18,20H,2,4-5,13-15H2,1H3,(H,26,31)/t20-/m0/s1. The number of amides is 2. The molecule has 7 nitrogen and oxygen atoms in total. The molecule has 32 heavy (non-hydrogen) atoms. The molecule has 0 spiro atoms. The van der Waals surface area contributed by atoms with Gasteiger partial charge in [0.2, 0.25) is 23.5 Å². The number of aromatic nitrogens is 2. The lowest BCUT2D eigenvalue weighted by atomic mass is 9.85. The van der Waals surface area contributed by atoms with Gasteiger partial charge in [0, 0.05) is 36.7 Å². The summed E-state index contributed by atoms with van der Waals surface area (Å²) < 4.78 is 5.43. The zero-order chi connectivity index (χ0) is 22.1. The molecule has 2 fully saturated rings. The molecule has 5 rings (SSSR count). The monoisotopic (exact) mass is 430 g/mol. The van der Waals surface area contributed by atoms with Crippen molar-refractivity contribution in [1.29, 1.82) is 0 Å². The molecule has 2 aliphatic rings. The van der Waals surface area contributed by atoms with Crippen LogP contribution in [-0.4, -0.2) is 28.5 Å². The van der Waals surface area contributed by atoms with Crippen molar-refractivity contribution in [3.8, 4) is 11.4 Å². The minimum Gasteiger partial charge on any atom is -0.352 e. The first-order chi connectivity index (χ1) is 15.6. The molecule has 0 unspecified atom stereocenters. The van der Waals surface area contributed by atoms with Crippen molar-refractivity contribution in [3.63, 3.8) is 0 Å². The molecule has 2 amide bonds. The van der Waals surface area contributed by atoms with E-state index in [1.807, 2.05) is 55.5 Å². The second kappa shape index (κ2) is 8.57. The Hall–Kier alpha value is -3.48. The van der Waals surface area contributed by atoms with Crippen LogP contribution in [-0.2, 0) is 16.1 Å². The number of carbonyl (C=O) groups is 2. The van der Waals surface area contributed by atoms with Crippen LogP contribution < -0.4 is 10.2 Å². The van der Waals surface area contributed by atoms with E-state index in [0.29, 0.717) is 30.7 Å². The summed E-state index contributed by atoms with van der Waals surface area (Å²) in [5.74, 6) is 1.08. The molecule has 2 heterocycles. The highest BCUT2D eigenvalue weighted by atomic mass is 16.5. The Morgan fingerprint density at radius 2 is 2.00 bits per heavy atom. The van der Waals surface area contributed by atoms with Crippen molar-refractivity contribution in [2.24, 2.45) is 5.92 Å². The summed E-state index contributed by atoms with van der Waals surface area (Å²) in [7, 11) is 0. The number of hydrogen-bond donors (Lipinski definition) is 1. The smallest absolute Gasteiger partial charge is 0.230 e. The Morgan fingerprint density at radius 1 is 1.19 bits per heavy atom. The number of nitrogens with one attached hydrogen (secondary N) is 1. The fourth-order valence-corrected chi connectivity index (χ4v) is 4.16. The van der Waals surface area contributed by atoms with Crippen LogP contribution in [0.1, 0.15) is 48.6 Å². The number of carbonyl (C=O) groups excluding carboxylic acids is 2. The van der Waals surface area contributed by atoms with E-state index < -0.39 is 0 Å². The molecule has 2 aromatic carbocycles. The van der Waals surface area contributed by atoms with Crippen LogP contribution in [0.25, 0.3) is 11.4 Å². The largest absolute Gasteiger partial charge is 0.352 e. The highest BCUT2D eigenvalue weighted by Gasteiger charge is 2.35. The van der Waals surface area contributed by atoms with Gasteiger partial charge < -0.3 is 14.7 Å². The van der Waals surface area contributed by atoms with E-state index in [0.717, 1.165) is 29.7 Å². The maximum atomic E-state index is 12.7. The van der Waals surface area contributed by atoms with Crippen molar-refractivity contribution in [2.45, 2.75) is 45.1 Å². The van der Waals surface area contributed by atoms with Crippen LogP contribution in [0.5, 0.6) is 0 Å². The SMILES string of the molecule is Cc1ccc(CNC(=O)[C@H]2CC(=O)N(c3cccc(-c4noc(C5CCC5)n4)c3)C2)cc1. The van der Waals surface area contributed by atoms with Crippen molar-refractivity contribution in [3.05, 3.63) is 65.5 Å². The fourth-order valence-electron chi connectivity index (χ4n) is 4.16. The van der Waals surface area contributed by atoms with Crippen molar-refractivity contribution >= 4 is 17.5 Å². The second-order valence-electron chi connectivity index (χ2n) is 8.74. The van der Waals surface area contributed by atoms with Crippen molar-refractivity contribution in [2.75, 3.05) is 11.4 Å². The summed E-state index contributed by atoms with van der Waals surface area (Å²) >= 11 is 0. The van der Waals surface area contributed by atoms with Gasteiger partial charge in [-0.05, 0) is 37.5 Å². The van der Waals surface area contributed by atoms with Crippen LogP contribution in [0.3, 0.4) is 0 Å². The lowest BCUT2D eigenvalue weighted by molar-refractivity contribution is -0.126. The molecule has 1 N–H and O–H groups in total. The lowest BCUT2D eigenvalue weighted by Crippen LogP contribution is -2.32. The summed E-state index contributed by atoms with van der Waals surface area (Å²) in [4.78, 5) is 31.6. The molecule has 7 heteroatoms. The molecule has 1 aromatic heterocycles. The molecule has 0 bridgehead atoms. The molecule has 1 aliphatic heterocycles. The number of aryl methyl sites for hydroxylation is 1. The third-order valence-electron chi connectivity index (χ3n) is 6.40. The van der Waals surface area contributed by atoms with Gasteiger partial charge in [-0.25, -0.2) is 0 Å². The average molecular weight is 431 g/mol. The molecule has 3 aromatic rings. The predicted molar refractivity (Wildman–Crippen MR) is 120 cm³/mol. The second-order valence-corrected chi connectivity index (χ2v) is 8.74. The molecule has 1 atom stereocenters. The summed E-state index contributed by atoms with van der Waals surface area (Å²) in [6, 6.07) is 15.6. The molecule has 1 saturated carbocycles. The molecular formula is C25H26N4O3. The summed E-state index contributed by atoms with van der Waals surface area (Å²) in [5, 5.41) is 7.09. The number of hydrogen-bond acceptors (Lipinski definition) is 5. The first kappa shape index (κ1) is 20.4. The van der Waals surface area contributed by atoms with Crippen molar-refractivity contribution < 1.29 is 14.1 Å². The minimum absolute atomic E-state index is 0.0547. The summed E-state index contributed by atoms with van der Waals surface area (Å²) in [6.45, 7) is 2.85. The van der Waals surface area contributed by atoms with Gasteiger partial charge in [0.25, 0.3) is 0 Å². The van der Waals surface area contributed by atoms with Gasteiger partial charge in [-0.1, -0.05) is 53.5 Å². The van der Waals surface area contributed by atoms with E-state index in [2.05, 4.69) is 15.5 Å². The Morgan fingerprint density at radius 3 is 2.75 bits per heavy atom. The predicted octanol–water partition coefficient (Wildman–Crippen LogP) is 3.98. The Bertz CT molecular complexity index is 1130. The van der Waals surface area contributed by atoms with Gasteiger partial charge in [0.15, 0.2) is 0 Å². The molecule has 164 valence electrons. The third-order valence-corrected chi connectivity index (χ3v) is 6.40. The van der Waals surface area contributed by atoms with Gasteiger partial charge in [0.1, 0.15) is 0 Å². The minimum atomic E-state index is -0.369. The maximum Gasteiger partial charge on any atom is 0.230 e. The van der Waals surface area contributed by atoms with Crippen LogP contribution in [0.2, 0.25) is 0 Å². The van der Waals surface area contributed by atoms with Crippen molar-refractivity contribution in [1.82, 2.24) is 15.5 Å². The van der Waals surface area contributed by atoms with Gasteiger partial charge in [-0.3, -0.25) is 9.59 Å². The fraction of sp³-hybridized carbons (Fsp3) is 0.360. The molecule has 0 radical (unpaired) electrons. The number of anilines is 1. The lowest BCUT2D eigenvalue weighted by Gasteiger charge is -2.20. The highest BCUT2D eigenvalue weighted by molar-refractivity contribution is 6.00. The normalized spacial score (nSPS) is 18.6. The number of nitrogens with zero attached hydrogens (tertiary/aromatic N) is 3. The Balaban J connectivity index is 1.24. The van der Waals surface area contributed by atoms with E-state index in [9.17, 15) is 9.59 Å². The van der Waals surface area contributed by atoms with Crippen LogP contribution >= 0.6 is 0 Å². The quantitative estimate of drug-likeness (QED) is 0.639. The van der Waals surface area contributed by atoms with E-state index in [-0.39, 0.29) is 24.2 Å². The topological polar surface area (TPSA) is 88.3 Å². The zero-order valence-corrected chi connectivity index (χ0v) is 18.1. The zero-order valence-electron chi connectivity index (χ0n) is 18.1.